The molecule has 0 atom stereocenters. The molecule has 0 spiro atoms. The Morgan fingerprint density at radius 1 is 0.600 bits per heavy atom. The van der Waals surface area contributed by atoms with Crippen LogP contribution in [0.3, 0.4) is 0 Å². The first kappa shape index (κ1) is 29.0. The van der Waals surface area contributed by atoms with E-state index in [1.165, 1.54) is 0 Å². The van der Waals surface area contributed by atoms with Gasteiger partial charge in [-0.2, -0.15) is 13.2 Å². The third kappa shape index (κ3) is 21.7. The molecule has 0 saturated carbocycles. The molecule has 0 heterocycles. The first-order valence-electron chi connectivity index (χ1n) is 10.0. The van der Waals surface area contributed by atoms with E-state index in [1.54, 1.807) is 0 Å². The first-order valence-corrected chi connectivity index (χ1v) is 10.0. The van der Waals surface area contributed by atoms with E-state index >= 15 is 0 Å². The Hall–Kier alpha value is -0.980. The minimum atomic E-state index is -4.98. The molecule has 0 unspecified atom stereocenters. The van der Waals surface area contributed by atoms with Crippen LogP contribution in [0.2, 0.25) is 0 Å². The van der Waals surface area contributed by atoms with Gasteiger partial charge >= 0.3 is 12.1 Å². The number of ether oxygens (including phenoxy) is 7. The van der Waals surface area contributed by atoms with E-state index < -0.39 is 18.8 Å². The van der Waals surface area contributed by atoms with Crippen LogP contribution in [0.25, 0.3) is 0 Å². The van der Waals surface area contributed by atoms with Crippen molar-refractivity contribution in [3.8, 4) is 0 Å². The molecule has 0 rings (SSSR count). The highest BCUT2D eigenvalue weighted by atomic mass is 19.4. The smallest absolute Gasteiger partial charge is 0.457 e. The summed E-state index contributed by atoms with van der Waals surface area (Å²) in [5, 5.41) is 0. The number of halogens is 3. The van der Waals surface area contributed by atoms with Crippen molar-refractivity contribution in [2.24, 2.45) is 5.92 Å². The Bertz CT molecular complexity index is 394. The summed E-state index contributed by atoms with van der Waals surface area (Å²) in [6.45, 7) is 8.67. The van der Waals surface area contributed by atoms with E-state index in [4.69, 9.17) is 28.4 Å². The second-order valence-corrected chi connectivity index (χ2v) is 6.49. The van der Waals surface area contributed by atoms with E-state index in [0.717, 1.165) is 13.0 Å². The normalized spacial score (nSPS) is 11.9. The molecule has 0 aliphatic carbocycles. The lowest BCUT2D eigenvalue weighted by atomic mass is 10.1. The molecule has 0 aromatic heterocycles. The quantitative estimate of drug-likeness (QED) is 0.195. The highest BCUT2D eigenvalue weighted by molar-refractivity contribution is 5.75. The van der Waals surface area contributed by atoms with E-state index in [-0.39, 0.29) is 19.8 Å². The minimum absolute atomic E-state index is 0.131. The summed E-state index contributed by atoms with van der Waals surface area (Å²) < 4.78 is 71.2. The number of carbonyl (C=O) groups excluding carboxylic acids is 1. The molecule has 0 aliphatic heterocycles. The fourth-order valence-electron chi connectivity index (χ4n) is 1.80. The van der Waals surface area contributed by atoms with Gasteiger partial charge in [0.2, 0.25) is 0 Å². The van der Waals surface area contributed by atoms with Gasteiger partial charge in [0, 0.05) is 6.61 Å². The van der Waals surface area contributed by atoms with Crippen molar-refractivity contribution < 1.29 is 51.1 Å². The number of hydrogen-bond acceptors (Lipinski definition) is 8. The van der Waals surface area contributed by atoms with Crippen LogP contribution in [0.5, 0.6) is 0 Å². The summed E-state index contributed by atoms with van der Waals surface area (Å²) in [5.41, 5.74) is 0. The fourth-order valence-corrected chi connectivity index (χ4v) is 1.80. The maximum atomic E-state index is 11.8. The van der Waals surface area contributed by atoms with Crippen LogP contribution in [0.4, 0.5) is 13.2 Å². The van der Waals surface area contributed by atoms with Crippen LogP contribution >= 0.6 is 0 Å². The lowest BCUT2D eigenvalue weighted by Gasteiger charge is -2.09. The summed E-state index contributed by atoms with van der Waals surface area (Å²) in [5.74, 6) is -1.58. The van der Waals surface area contributed by atoms with Crippen LogP contribution in [-0.4, -0.2) is 98.0 Å². The number of esters is 1. The van der Waals surface area contributed by atoms with Gasteiger partial charge in [-0.05, 0) is 12.3 Å². The molecular weight excluding hydrogens is 413 g/mol. The second kappa shape index (κ2) is 20.0. The van der Waals surface area contributed by atoms with Crippen LogP contribution in [0, 0.1) is 5.92 Å². The number of carbonyl (C=O) groups is 1. The van der Waals surface area contributed by atoms with E-state index in [1.807, 2.05) is 0 Å². The van der Waals surface area contributed by atoms with Crippen molar-refractivity contribution in [1.82, 2.24) is 0 Å². The van der Waals surface area contributed by atoms with Gasteiger partial charge in [-0.1, -0.05) is 13.8 Å². The van der Waals surface area contributed by atoms with Crippen molar-refractivity contribution in [2.75, 3.05) is 85.9 Å². The summed E-state index contributed by atoms with van der Waals surface area (Å²) in [6.07, 6.45) is -3.93. The second-order valence-electron chi connectivity index (χ2n) is 6.49. The van der Waals surface area contributed by atoms with Gasteiger partial charge in [-0.3, -0.25) is 0 Å². The van der Waals surface area contributed by atoms with Gasteiger partial charge in [0.15, 0.2) is 0 Å². The third-order valence-electron chi connectivity index (χ3n) is 3.39. The van der Waals surface area contributed by atoms with Crippen LogP contribution < -0.4 is 0 Å². The third-order valence-corrected chi connectivity index (χ3v) is 3.39. The summed E-state index contributed by atoms with van der Waals surface area (Å²) in [4.78, 5) is 10.4. The van der Waals surface area contributed by atoms with E-state index in [2.05, 4.69) is 18.6 Å². The van der Waals surface area contributed by atoms with E-state index in [0.29, 0.717) is 58.8 Å². The minimum Gasteiger partial charge on any atom is -0.457 e. The summed E-state index contributed by atoms with van der Waals surface area (Å²) >= 11 is 0. The topological polar surface area (TPSA) is 81.7 Å². The van der Waals surface area contributed by atoms with Gasteiger partial charge in [0.25, 0.3) is 0 Å². The molecule has 0 bridgehead atoms. The molecule has 0 fully saturated rings. The zero-order valence-electron chi connectivity index (χ0n) is 17.9. The lowest BCUT2D eigenvalue weighted by molar-refractivity contribution is -0.200. The molecule has 11 heteroatoms. The molecule has 0 amide bonds. The zero-order chi connectivity index (χ0) is 22.5. The van der Waals surface area contributed by atoms with E-state index in [9.17, 15) is 18.0 Å². The lowest BCUT2D eigenvalue weighted by Crippen LogP contribution is -2.26. The van der Waals surface area contributed by atoms with Crippen molar-refractivity contribution in [2.45, 2.75) is 26.4 Å². The van der Waals surface area contributed by atoms with Crippen LogP contribution in [0.1, 0.15) is 20.3 Å². The first-order chi connectivity index (χ1) is 14.3. The molecule has 180 valence electrons. The summed E-state index contributed by atoms with van der Waals surface area (Å²) in [6, 6.07) is 0. The van der Waals surface area contributed by atoms with Gasteiger partial charge in [0.1, 0.15) is 6.61 Å². The Morgan fingerprint density at radius 2 is 0.900 bits per heavy atom. The van der Waals surface area contributed by atoms with Crippen LogP contribution in [0.15, 0.2) is 0 Å². The van der Waals surface area contributed by atoms with Gasteiger partial charge < -0.3 is 33.2 Å². The fraction of sp³-hybridized carbons (Fsp3) is 0.947. The highest BCUT2D eigenvalue weighted by Crippen LogP contribution is 2.16. The van der Waals surface area contributed by atoms with Crippen molar-refractivity contribution in [1.29, 1.82) is 0 Å². The molecule has 0 N–H and O–H groups in total. The van der Waals surface area contributed by atoms with Crippen LogP contribution in [-0.2, 0) is 38.0 Å². The zero-order valence-corrected chi connectivity index (χ0v) is 17.9. The SMILES string of the molecule is CC(C)CCOCCOCCOCCOCCOCCOCCOC(=O)C(F)(F)F. The predicted molar refractivity (Wildman–Crippen MR) is 101 cm³/mol. The molecule has 0 aromatic rings. The van der Waals surface area contributed by atoms with Gasteiger partial charge in [-0.15, -0.1) is 0 Å². The van der Waals surface area contributed by atoms with Gasteiger partial charge in [0.05, 0.1) is 72.7 Å². The highest BCUT2D eigenvalue weighted by Gasteiger charge is 2.40. The number of rotatable bonds is 21. The Labute approximate surface area is 176 Å². The largest absolute Gasteiger partial charge is 0.490 e. The maximum absolute atomic E-state index is 11.8. The predicted octanol–water partition coefficient (Wildman–Crippen LogP) is 2.24. The maximum Gasteiger partial charge on any atom is 0.490 e. The molecule has 0 saturated heterocycles. The van der Waals surface area contributed by atoms with Gasteiger partial charge in [-0.25, -0.2) is 4.79 Å². The van der Waals surface area contributed by atoms with Crippen molar-refractivity contribution >= 4 is 5.97 Å². The number of alkyl halides is 3. The Kier molecular flexibility index (Phi) is 19.3. The Morgan fingerprint density at radius 3 is 1.20 bits per heavy atom. The van der Waals surface area contributed by atoms with Crippen molar-refractivity contribution in [3.63, 3.8) is 0 Å². The monoisotopic (exact) mass is 448 g/mol. The molecular formula is C19H35F3O8. The van der Waals surface area contributed by atoms with Crippen molar-refractivity contribution in [3.05, 3.63) is 0 Å². The molecule has 30 heavy (non-hydrogen) atoms. The average molecular weight is 448 g/mol. The molecule has 0 aliphatic rings. The average Bonchev–Trinajstić information content (AvgIpc) is 2.68. The number of hydrogen-bond donors (Lipinski definition) is 0. The standard InChI is InChI=1S/C19H35F3O8/c1-17(2)3-4-24-5-6-25-7-8-26-9-10-27-11-12-28-13-14-29-15-16-30-18(23)19(20,21)22/h17H,3-16H2,1-2H3. The Balaban J connectivity index is 3.11. The summed E-state index contributed by atoms with van der Waals surface area (Å²) in [7, 11) is 0. The molecule has 0 radical (unpaired) electrons. The molecule has 0 aromatic carbocycles. The molecule has 8 nitrogen and oxygen atoms in total.